The van der Waals surface area contributed by atoms with E-state index in [0.29, 0.717) is 12.1 Å². The molecular formula is C15H25N3O. The number of hydrogen-bond acceptors (Lipinski definition) is 4. The van der Waals surface area contributed by atoms with Crippen molar-refractivity contribution < 1.29 is 5.11 Å². The van der Waals surface area contributed by atoms with Crippen LogP contribution in [-0.4, -0.2) is 46.8 Å². The van der Waals surface area contributed by atoms with Gasteiger partial charge in [-0.25, -0.2) is 0 Å². The molecule has 2 heterocycles. The van der Waals surface area contributed by atoms with Crippen LogP contribution >= 0.6 is 0 Å². The standard InChI is InChI=1S/C15H25N3O/c1-13(6-11-19)17-15-4-9-18(10-5-15)12-14-2-7-16-8-3-14/h2-3,7-8,13,15,17,19H,4-6,9-12H2,1H3/t13-/m1/s1. The maximum absolute atomic E-state index is 8.92. The summed E-state index contributed by atoms with van der Waals surface area (Å²) in [5.74, 6) is 0. The van der Waals surface area contributed by atoms with E-state index in [0.717, 1.165) is 26.1 Å². The van der Waals surface area contributed by atoms with Crippen molar-refractivity contribution in [3.8, 4) is 0 Å². The van der Waals surface area contributed by atoms with E-state index in [1.807, 2.05) is 12.4 Å². The molecule has 4 heteroatoms. The number of nitrogens with one attached hydrogen (secondary N) is 1. The third kappa shape index (κ3) is 4.90. The van der Waals surface area contributed by atoms with Gasteiger partial charge in [-0.15, -0.1) is 0 Å². The van der Waals surface area contributed by atoms with Crippen molar-refractivity contribution in [1.29, 1.82) is 0 Å². The fourth-order valence-electron chi connectivity index (χ4n) is 2.68. The molecule has 0 saturated carbocycles. The molecule has 19 heavy (non-hydrogen) atoms. The number of pyridine rings is 1. The lowest BCUT2D eigenvalue weighted by atomic mass is 10.0. The molecule has 1 aliphatic heterocycles. The summed E-state index contributed by atoms with van der Waals surface area (Å²) in [5.41, 5.74) is 1.34. The average molecular weight is 263 g/mol. The van der Waals surface area contributed by atoms with Crippen LogP contribution in [0.15, 0.2) is 24.5 Å². The van der Waals surface area contributed by atoms with E-state index in [-0.39, 0.29) is 6.61 Å². The van der Waals surface area contributed by atoms with Crippen molar-refractivity contribution in [3.63, 3.8) is 0 Å². The first-order chi connectivity index (χ1) is 9.28. The fraction of sp³-hybridized carbons (Fsp3) is 0.667. The van der Waals surface area contributed by atoms with Crippen LogP contribution in [0.2, 0.25) is 0 Å². The summed E-state index contributed by atoms with van der Waals surface area (Å²) in [6, 6.07) is 5.21. The van der Waals surface area contributed by atoms with Gasteiger partial charge in [-0.3, -0.25) is 9.88 Å². The molecule has 106 valence electrons. The second-order valence-electron chi connectivity index (χ2n) is 5.49. The molecule has 2 N–H and O–H groups in total. The third-order valence-electron chi connectivity index (χ3n) is 3.83. The first kappa shape index (κ1) is 14.4. The predicted octanol–water partition coefficient (Wildman–Crippen LogP) is 1.41. The molecule has 2 rings (SSSR count). The highest BCUT2D eigenvalue weighted by Gasteiger charge is 2.20. The van der Waals surface area contributed by atoms with Gasteiger partial charge in [0.25, 0.3) is 0 Å². The maximum Gasteiger partial charge on any atom is 0.0445 e. The molecule has 1 fully saturated rings. The molecule has 4 nitrogen and oxygen atoms in total. The molecule has 0 amide bonds. The minimum absolute atomic E-state index is 0.273. The number of aliphatic hydroxyl groups is 1. The van der Waals surface area contributed by atoms with Crippen molar-refractivity contribution in [2.75, 3.05) is 19.7 Å². The second-order valence-corrected chi connectivity index (χ2v) is 5.49. The minimum atomic E-state index is 0.273. The van der Waals surface area contributed by atoms with Crippen LogP contribution in [0.1, 0.15) is 31.7 Å². The highest BCUT2D eigenvalue weighted by molar-refractivity contribution is 5.09. The quantitative estimate of drug-likeness (QED) is 0.814. The van der Waals surface area contributed by atoms with Crippen molar-refractivity contribution in [1.82, 2.24) is 15.2 Å². The van der Waals surface area contributed by atoms with E-state index in [1.54, 1.807) is 0 Å². The van der Waals surface area contributed by atoms with E-state index < -0.39 is 0 Å². The zero-order valence-corrected chi connectivity index (χ0v) is 11.8. The molecule has 0 unspecified atom stereocenters. The number of likely N-dealkylation sites (tertiary alicyclic amines) is 1. The van der Waals surface area contributed by atoms with Gasteiger partial charge < -0.3 is 10.4 Å². The Bertz CT molecular complexity index is 350. The molecule has 1 aromatic rings. The minimum Gasteiger partial charge on any atom is -0.396 e. The summed E-state index contributed by atoms with van der Waals surface area (Å²) in [6.07, 6.45) is 6.96. The van der Waals surface area contributed by atoms with Gasteiger partial charge in [-0.1, -0.05) is 0 Å². The molecule has 1 atom stereocenters. The topological polar surface area (TPSA) is 48.4 Å². The summed E-state index contributed by atoms with van der Waals surface area (Å²) in [5, 5.41) is 12.5. The van der Waals surface area contributed by atoms with Gasteiger partial charge in [0, 0.05) is 37.6 Å². The smallest absolute Gasteiger partial charge is 0.0445 e. The Balaban J connectivity index is 1.70. The van der Waals surface area contributed by atoms with E-state index in [9.17, 15) is 0 Å². The van der Waals surface area contributed by atoms with Gasteiger partial charge >= 0.3 is 0 Å². The molecule has 0 aliphatic carbocycles. The van der Waals surface area contributed by atoms with Gasteiger partial charge in [-0.2, -0.15) is 0 Å². The molecule has 0 bridgehead atoms. The molecule has 1 aliphatic rings. The predicted molar refractivity (Wildman–Crippen MR) is 76.8 cm³/mol. The van der Waals surface area contributed by atoms with Crippen molar-refractivity contribution in [2.24, 2.45) is 0 Å². The molecule has 1 aromatic heterocycles. The average Bonchev–Trinajstić information content (AvgIpc) is 2.42. The van der Waals surface area contributed by atoms with Gasteiger partial charge in [0.2, 0.25) is 0 Å². The lowest BCUT2D eigenvalue weighted by Crippen LogP contribution is -2.45. The van der Waals surface area contributed by atoms with E-state index >= 15 is 0 Å². The van der Waals surface area contributed by atoms with E-state index in [2.05, 4.69) is 34.3 Å². The molecule has 0 spiro atoms. The number of hydrogen-bond donors (Lipinski definition) is 2. The number of aromatic nitrogens is 1. The Labute approximate surface area is 115 Å². The first-order valence-electron chi connectivity index (χ1n) is 7.26. The molecule has 1 saturated heterocycles. The normalized spacial score (nSPS) is 19.5. The number of rotatable bonds is 6. The van der Waals surface area contributed by atoms with Crippen LogP contribution in [0.3, 0.4) is 0 Å². The van der Waals surface area contributed by atoms with Crippen LogP contribution in [0.4, 0.5) is 0 Å². The monoisotopic (exact) mass is 263 g/mol. The summed E-state index contributed by atoms with van der Waals surface area (Å²) >= 11 is 0. The highest BCUT2D eigenvalue weighted by atomic mass is 16.3. The summed E-state index contributed by atoms with van der Waals surface area (Å²) < 4.78 is 0. The van der Waals surface area contributed by atoms with Gasteiger partial charge in [0.1, 0.15) is 0 Å². The van der Waals surface area contributed by atoms with Gasteiger partial charge in [0.05, 0.1) is 0 Å². The lowest BCUT2D eigenvalue weighted by Gasteiger charge is -2.33. The lowest BCUT2D eigenvalue weighted by molar-refractivity contribution is 0.179. The zero-order chi connectivity index (χ0) is 13.5. The maximum atomic E-state index is 8.92. The molecule has 0 radical (unpaired) electrons. The van der Waals surface area contributed by atoms with Crippen LogP contribution in [0, 0.1) is 0 Å². The molecule has 0 aromatic carbocycles. The Kier molecular flexibility index (Phi) is 5.76. The molecular weight excluding hydrogens is 238 g/mol. The SMILES string of the molecule is C[C@H](CCO)NC1CCN(Cc2ccncc2)CC1. The highest BCUT2D eigenvalue weighted by Crippen LogP contribution is 2.14. The van der Waals surface area contributed by atoms with Crippen LogP contribution in [0.25, 0.3) is 0 Å². The van der Waals surface area contributed by atoms with Crippen LogP contribution in [0.5, 0.6) is 0 Å². The number of piperidine rings is 1. The summed E-state index contributed by atoms with van der Waals surface area (Å²) in [7, 11) is 0. The van der Waals surface area contributed by atoms with Crippen molar-refractivity contribution in [3.05, 3.63) is 30.1 Å². The first-order valence-corrected chi connectivity index (χ1v) is 7.26. The van der Waals surface area contributed by atoms with Gasteiger partial charge in [-0.05, 0) is 57.0 Å². The fourth-order valence-corrected chi connectivity index (χ4v) is 2.68. The Hall–Kier alpha value is -0.970. The van der Waals surface area contributed by atoms with Gasteiger partial charge in [0.15, 0.2) is 0 Å². The van der Waals surface area contributed by atoms with Crippen LogP contribution < -0.4 is 5.32 Å². The number of aliphatic hydroxyl groups excluding tert-OH is 1. The Morgan fingerprint density at radius 3 is 2.68 bits per heavy atom. The Morgan fingerprint density at radius 1 is 1.37 bits per heavy atom. The van der Waals surface area contributed by atoms with Crippen LogP contribution in [-0.2, 0) is 6.54 Å². The summed E-state index contributed by atoms with van der Waals surface area (Å²) in [4.78, 5) is 6.56. The number of nitrogens with zero attached hydrogens (tertiary/aromatic N) is 2. The van der Waals surface area contributed by atoms with Crippen molar-refractivity contribution in [2.45, 2.75) is 44.8 Å². The Morgan fingerprint density at radius 2 is 2.05 bits per heavy atom. The second kappa shape index (κ2) is 7.58. The van der Waals surface area contributed by atoms with E-state index in [1.165, 1.54) is 18.4 Å². The zero-order valence-electron chi connectivity index (χ0n) is 11.8. The third-order valence-corrected chi connectivity index (χ3v) is 3.83. The largest absolute Gasteiger partial charge is 0.396 e. The summed E-state index contributed by atoms with van der Waals surface area (Å²) in [6.45, 7) is 5.74. The van der Waals surface area contributed by atoms with E-state index in [4.69, 9.17) is 5.11 Å². The van der Waals surface area contributed by atoms with Crippen molar-refractivity contribution >= 4 is 0 Å².